The Bertz CT molecular complexity index is 669. The molecule has 0 fully saturated rings. The number of carbonyl (C=O) groups excluding carboxylic acids is 2. The fraction of sp³-hybridized carbons (Fsp3) is 0.111. The molecule has 112 valence electrons. The van der Waals surface area contributed by atoms with Gasteiger partial charge in [-0.15, -0.1) is 0 Å². The van der Waals surface area contributed by atoms with Crippen LogP contribution >= 0.6 is 0 Å². The first-order valence-electron chi connectivity index (χ1n) is 6.75. The van der Waals surface area contributed by atoms with Gasteiger partial charge >= 0.3 is 5.97 Å². The van der Waals surface area contributed by atoms with Gasteiger partial charge in [-0.3, -0.25) is 4.79 Å². The van der Waals surface area contributed by atoms with Crippen molar-refractivity contribution in [3.63, 3.8) is 0 Å². The second-order valence-corrected chi connectivity index (χ2v) is 4.66. The smallest absolute Gasteiger partial charge is 0.335 e. The number of benzene rings is 2. The van der Waals surface area contributed by atoms with Crippen molar-refractivity contribution in [2.45, 2.75) is 6.92 Å². The van der Waals surface area contributed by atoms with Crippen LogP contribution in [0.15, 0.2) is 61.2 Å². The number of Topliss-reactive ketones (excluding diaryl/α,β-unsaturated/α-hetero) is 1. The summed E-state index contributed by atoms with van der Waals surface area (Å²) < 4.78 is 10.3. The van der Waals surface area contributed by atoms with E-state index in [0.717, 1.165) is 17.2 Å². The second kappa shape index (κ2) is 7.22. The molecule has 0 amide bonds. The molecule has 0 radical (unpaired) electrons. The number of hydrogen-bond donors (Lipinski definition) is 0. The van der Waals surface area contributed by atoms with Crippen LogP contribution in [-0.2, 0) is 9.59 Å². The zero-order valence-corrected chi connectivity index (χ0v) is 12.2. The van der Waals surface area contributed by atoms with Crippen molar-refractivity contribution in [1.29, 1.82) is 0 Å². The Morgan fingerprint density at radius 3 is 1.91 bits per heavy atom. The van der Waals surface area contributed by atoms with E-state index in [9.17, 15) is 9.59 Å². The minimum atomic E-state index is -0.486. The van der Waals surface area contributed by atoms with Crippen LogP contribution in [0, 0.1) is 0 Å². The molecule has 4 heteroatoms. The topological polar surface area (TPSA) is 52.6 Å². The molecule has 0 bridgehead atoms. The lowest BCUT2D eigenvalue weighted by molar-refractivity contribution is -0.129. The molecule has 0 saturated heterocycles. The molecule has 22 heavy (non-hydrogen) atoms. The Morgan fingerprint density at radius 1 is 0.955 bits per heavy atom. The van der Waals surface area contributed by atoms with Crippen molar-refractivity contribution in [3.05, 3.63) is 61.2 Å². The van der Waals surface area contributed by atoms with Crippen molar-refractivity contribution in [2.24, 2.45) is 0 Å². The SMILES string of the molecule is C=CC(=O)Oc1ccc(-c2ccc(OCC(C)=O)cc2)cc1. The van der Waals surface area contributed by atoms with Gasteiger partial charge in [0.25, 0.3) is 0 Å². The summed E-state index contributed by atoms with van der Waals surface area (Å²) in [5.74, 6) is 0.610. The van der Waals surface area contributed by atoms with Crippen molar-refractivity contribution >= 4 is 11.8 Å². The third-order valence-electron chi connectivity index (χ3n) is 2.87. The first kappa shape index (κ1) is 15.5. The average Bonchev–Trinajstić information content (AvgIpc) is 2.54. The van der Waals surface area contributed by atoms with Crippen LogP contribution in [0.1, 0.15) is 6.92 Å². The third-order valence-corrected chi connectivity index (χ3v) is 2.87. The van der Waals surface area contributed by atoms with E-state index < -0.39 is 5.97 Å². The molecule has 0 aromatic heterocycles. The predicted octanol–water partition coefficient (Wildman–Crippen LogP) is 3.41. The molecule has 0 heterocycles. The Balaban J connectivity index is 2.06. The minimum absolute atomic E-state index is 0.0197. The molecule has 2 aromatic carbocycles. The number of ketones is 1. The zero-order chi connectivity index (χ0) is 15.9. The van der Waals surface area contributed by atoms with Crippen LogP contribution in [0.5, 0.6) is 11.5 Å². The lowest BCUT2D eigenvalue weighted by atomic mass is 10.1. The fourth-order valence-corrected chi connectivity index (χ4v) is 1.80. The molecule has 0 aliphatic carbocycles. The van der Waals surface area contributed by atoms with Gasteiger partial charge in [-0.25, -0.2) is 4.79 Å². The summed E-state index contributed by atoms with van der Waals surface area (Å²) in [6, 6.07) is 14.6. The van der Waals surface area contributed by atoms with Gasteiger partial charge in [-0.2, -0.15) is 0 Å². The van der Waals surface area contributed by atoms with Crippen LogP contribution in [0.4, 0.5) is 0 Å². The van der Waals surface area contributed by atoms with Gasteiger partial charge in [-0.1, -0.05) is 30.8 Å². The molecule has 0 saturated carbocycles. The quantitative estimate of drug-likeness (QED) is 0.465. The lowest BCUT2D eigenvalue weighted by Crippen LogP contribution is -2.06. The molecule has 2 aromatic rings. The van der Waals surface area contributed by atoms with Gasteiger partial charge in [0, 0.05) is 6.08 Å². The number of rotatable bonds is 6. The van der Waals surface area contributed by atoms with E-state index in [2.05, 4.69) is 6.58 Å². The summed E-state index contributed by atoms with van der Waals surface area (Å²) in [6.45, 7) is 4.90. The van der Waals surface area contributed by atoms with Crippen molar-refractivity contribution < 1.29 is 19.1 Å². The first-order valence-corrected chi connectivity index (χ1v) is 6.75. The van der Waals surface area contributed by atoms with Crippen LogP contribution in [0.2, 0.25) is 0 Å². The lowest BCUT2D eigenvalue weighted by Gasteiger charge is -2.07. The van der Waals surface area contributed by atoms with E-state index in [-0.39, 0.29) is 12.4 Å². The van der Waals surface area contributed by atoms with Crippen molar-refractivity contribution in [3.8, 4) is 22.6 Å². The van der Waals surface area contributed by atoms with Crippen LogP contribution in [0.3, 0.4) is 0 Å². The first-order chi connectivity index (χ1) is 10.6. The molecule has 2 rings (SSSR count). The summed E-state index contributed by atoms with van der Waals surface area (Å²) in [7, 11) is 0. The summed E-state index contributed by atoms with van der Waals surface area (Å²) in [5.41, 5.74) is 1.98. The molecule has 0 atom stereocenters. The van der Waals surface area contributed by atoms with Crippen molar-refractivity contribution in [1.82, 2.24) is 0 Å². The van der Waals surface area contributed by atoms with E-state index in [1.54, 1.807) is 12.1 Å². The Labute approximate surface area is 129 Å². The number of ether oxygens (including phenoxy) is 2. The van der Waals surface area contributed by atoms with E-state index in [1.165, 1.54) is 6.92 Å². The highest BCUT2D eigenvalue weighted by Gasteiger charge is 2.03. The van der Waals surface area contributed by atoms with E-state index in [0.29, 0.717) is 11.5 Å². The largest absolute Gasteiger partial charge is 0.486 e. The standard InChI is InChI=1S/C18H16O4/c1-3-18(20)22-17-10-6-15(7-11-17)14-4-8-16(9-5-14)21-12-13(2)19/h3-11H,1,12H2,2H3. The monoisotopic (exact) mass is 296 g/mol. The molecular formula is C18H16O4. The van der Waals surface area contributed by atoms with Gasteiger partial charge < -0.3 is 9.47 Å². The average molecular weight is 296 g/mol. The van der Waals surface area contributed by atoms with Gasteiger partial charge in [0.15, 0.2) is 5.78 Å². The molecule has 0 aliphatic rings. The van der Waals surface area contributed by atoms with E-state index in [1.807, 2.05) is 36.4 Å². The van der Waals surface area contributed by atoms with Crippen molar-refractivity contribution in [2.75, 3.05) is 6.61 Å². The number of esters is 1. The molecule has 0 N–H and O–H groups in total. The third kappa shape index (κ3) is 4.31. The Morgan fingerprint density at radius 2 is 1.45 bits per heavy atom. The van der Waals surface area contributed by atoms with Crippen LogP contribution in [0.25, 0.3) is 11.1 Å². The highest BCUT2D eigenvalue weighted by Crippen LogP contribution is 2.24. The predicted molar refractivity (Wildman–Crippen MR) is 83.9 cm³/mol. The molecule has 0 aliphatic heterocycles. The minimum Gasteiger partial charge on any atom is -0.486 e. The molecule has 0 unspecified atom stereocenters. The van der Waals surface area contributed by atoms with Gasteiger partial charge in [-0.05, 0) is 42.3 Å². The second-order valence-electron chi connectivity index (χ2n) is 4.66. The summed E-state index contributed by atoms with van der Waals surface area (Å²) >= 11 is 0. The van der Waals surface area contributed by atoms with Gasteiger partial charge in [0.05, 0.1) is 0 Å². The summed E-state index contributed by atoms with van der Waals surface area (Å²) in [6.07, 6.45) is 1.12. The molecule has 0 spiro atoms. The fourth-order valence-electron chi connectivity index (χ4n) is 1.80. The maximum atomic E-state index is 11.1. The van der Waals surface area contributed by atoms with Crippen LogP contribution < -0.4 is 9.47 Å². The Kier molecular flexibility index (Phi) is 5.09. The summed E-state index contributed by atoms with van der Waals surface area (Å²) in [4.78, 5) is 22.0. The zero-order valence-electron chi connectivity index (χ0n) is 12.2. The van der Waals surface area contributed by atoms with E-state index >= 15 is 0 Å². The van der Waals surface area contributed by atoms with E-state index in [4.69, 9.17) is 9.47 Å². The normalized spacial score (nSPS) is 9.86. The summed E-state index contributed by atoms with van der Waals surface area (Å²) in [5, 5.41) is 0. The maximum absolute atomic E-state index is 11.1. The Hall–Kier alpha value is -2.88. The molecular weight excluding hydrogens is 280 g/mol. The van der Waals surface area contributed by atoms with Gasteiger partial charge in [0.2, 0.25) is 0 Å². The highest BCUT2D eigenvalue weighted by atomic mass is 16.5. The molecule has 4 nitrogen and oxygen atoms in total. The van der Waals surface area contributed by atoms with Crippen LogP contribution in [-0.4, -0.2) is 18.4 Å². The maximum Gasteiger partial charge on any atom is 0.335 e. The highest BCUT2D eigenvalue weighted by molar-refractivity contribution is 5.83. The number of carbonyl (C=O) groups is 2. The number of hydrogen-bond acceptors (Lipinski definition) is 4. The van der Waals surface area contributed by atoms with Gasteiger partial charge in [0.1, 0.15) is 18.1 Å².